The van der Waals surface area contributed by atoms with E-state index < -0.39 is 6.09 Å². The first-order chi connectivity index (χ1) is 16.2. The first kappa shape index (κ1) is 21.4. The van der Waals surface area contributed by atoms with Crippen molar-refractivity contribution < 1.29 is 13.9 Å². The smallest absolute Gasteiger partial charge is 0.407 e. The van der Waals surface area contributed by atoms with Gasteiger partial charge in [0.15, 0.2) is 5.58 Å². The Morgan fingerprint density at radius 2 is 2.09 bits per heavy atom. The zero-order chi connectivity index (χ0) is 22.6. The van der Waals surface area contributed by atoms with E-state index in [0.29, 0.717) is 30.2 Å². The lowest BCUT2D eigenvalue weighted by atomic mass is 9.76. The Morgan fingerprint density at radius 1 is 1.21 bits per heavy atom. The number of benzene rings is 2. The van der Waals surface area contributed by atoms with Crippen molar-refractivity contribution in [2.45, 2.75) is 57.5 Å². The lowest BCUT2D eigenvalue weighted by molar-refractivity contribution is 0.139. The summed E-state index contributed by atoms with van der Waals surface area (Å²) in [6.45, 7) is 0.731. The third-order valence-electron chi connectivity index (χ3n) is 6.53. The van der Waals surface area contributed by atoms with Gasteiger partial charge in [-0.1, -0.05) is 42.5 Å². The fourth-order valence-electron chi connectivity index (χ4n) is 4.93. The standard InChI is InChI=1S/C27H28N2O4/c30-26-22(14-4-5-15-28-27(31)32-17-18-8-2-1-3-9-18)29-25-21-13-7-11-19-10-6-12-20(24(19)21)16-23(25)33-26/h1-3,7-9,11,16,19H,4-6,10,12-15,17H2,(H,28,31)/t19-/m1/s1. The van der Waals surface area contributed by atoms with Crippen LogP contribution in [0.5, 0.6) is 0 Å². The van der Waals surface area contributed by atoms with Gasteiger partial charge in [-0.3, -0.25) is 0 Å². The van der Waals surface area contributed by atoms with Crippen LogP contribution in [0.15, 0.2) is 57.8 Å². The van der Waals surface area contributed by atoms with Gasteiger partial charge in [0.25, 0.3) is 0 Å². The second kappa shape index (κ2) is 9.61. The van der Waals surface area contributed by atoms with E-state index in [0.717, 1.165) is 43.2 Å². The van der Waals surface area contributed by atoms with Crippen LogP contribution in [-0.4, -0.2) is 17.6 Å². The van der Waals surface area contributed by atoms with E-state index in [1.54, 1.807) is 0 Å². The molecule has 6 heteroatoms. The van der Waals surface area contributed by atoms with Gasteiger partial charge < -0.3 is 14.5 Å². The molecule has 0 aliphatic heterocycles. The number of rotatable bonds is 7. The molecule has 2 aliphatic rings. The normalized spacial score (nSPS) is 16.4. The summed E-state index contributed by atoms with van der Waals surface area (Å²) in [6.07, 6.45) is 10.3. The zero-order valence-corrected chi connectivity index (χ0v) is 18.6. The molecule has 0 fully saturated rings. The van der Waals surface area contributed by atoms with Gasteiger partial charge in [-0.15, -0.1) is 0 Å². The number of fused-ring (bicyclic) bond motifs is 2. The van der Waals surface area contributed by atoms with Gasteiger partial charge in [-0.2, -0.15) is 0 Å². The SMILES string of the molecule is O=C(NCCCCc1nc2c3c4c(cc2oc1=O)CCC[C@@H]4C=CC3)OCc1ccccc1. The van der Waals surface area contributed by atoms with Gasteiger partial charge in [0.1, 0.15) is 17.8 Å². The van der Waals surface area contributed by atoms with Crippen molar-refractivity contribution in [2.24, 2.45) is 0 Å². The van der Waals surface area contributed by atoms with Crippen LogP contribution >= 0.6 is 0 Å². The maximum Gasteiger partial charge on any atom is 0.407 e. The second-order valence-corrected chi connectivity index (χ2v) is 8.80. The molecule has 1 heterocycles. The van der Waals surface area contributed by atoms with Gasteiger partial charge in [0.05, 0.1) is 0 Å². The predicted molar refractivity (Wildman–Crippen MR) is 126 cm³/mol. The van der Waals surface area contributed by atoms with E-state index in [-0.39, 0.29) is 12.2 Å². The van der Waals surface area contributed by atoms with E-state index >= 15 is 0 Å². The minimum Gasteiger partial charge on any atom is -0.445 e. The molecule has 33 heavy (non-hydrogen) atoms. The molecule has 0 spiro atoms. The van der Waals surface area contributed by atoms with Gasteiger partial charge in [0, 0.05) is 12.5 Å². The van der Waals surface area contributed by atoms with Crippen molar-refractivity contribution in [3.05, 3.63) is 86.9 Å². The summed E-state index contributed by atoms with van der Waals surface area (Å²) >= 11 is 0. The molecule has 1 atom stereocenters. The number of unbranched alkanes of at least 4 members (excludes halogenated alkanes) is 1. The molecule has 6 nitrogen and oxygen atoms in total. The maximum atomic E-state index is 12.5. The second-order valence-electron chi connectivity index (χ2n) is 8.80. The molecule has 0 unspecified atom stereocenters. The predicted octanol–water partition coefficient (Wildman–Crippen LogP) is 4.97. The monoisotopic (exact) mass is 444 g/mol. The molecule has 3 aromatic rings. The largest absolute Gasteiger partial charge is 0.445 e. The highest BCUT2D eigenvalue weighted by molar-refractivity contribution is 5.80. The number of alkyl carbamates (subject to hydrolysis) is 1. The summed E-state index contributed by atoms with van der Waals surface area (Å²) < 4.78 is 10.9. The van der Waals surface area contributed by atoms with Crippen molar-refractivity contribution in [3.63, 3.8) is 0 Å². The van der Waals surface area contributed by atoms with E-state index in [4.69, 9.17) is 14.1 Å². The number of aryl methyl sites for hydroxylation is 2. The van der Waals surface area contributed by atoms with E-state index in [2.05, 4.69) is 17.5 Å². The number of amides is 1. The third-order valence-corrected chi connectivity index (χ3v) is 6.53. The molecular formula is C27H28N2O4. The van der Waals surface area contributed by atoms with Crippen LogP contribution < -0.4 is 10.9 Å². The van der Waals surface area contributed by atoms with E-state index in [1.807, 2.05) is 36.4 Å². The topological polar surface area (TPSA) is 81.4 Å². The average molecular weight is 445 g/mol. The molecule has 0 bridgehead atoms. The number of nitrogens with zero attached hydrogens (tertiary/aromatic N) is 1. The lowest BCUT2D eigenvalue weighted by Gasteiger charge is -2.29. The summed E-state index contributed by atoms with van der Waals surface area (Å²) in [6, 6.07) is 11.6. The molecule has 0 saturated heterocycles. The van der Waals surface area contributed by atoms with Crippen LogP contribution in [0.4, 0.5) is 4.79 Å². The summed E-state index contributed by atoms with van der Waals surface area (Å²) in [5, 5.41) is 2.76. The van der Waals surface area contributed by atoms with Gasteiger partial charge in [-0.25, -0.2) is 14.6 Å². The third kappa shape index (κ3) is 4.70. The Hall–Kier alpha value is -3.41. The Bertz CT molecular complexity index is 1250. The van der Waals surface area contributed by atoms with Gasteiger partial charge >= 0.3 is 11.7 Å². The average Bonchev–Trinajstić information content (AvgIpc) is 2.84. The lowest BCUT2D eigenvalue weighted by Crippen LogP contribution is -2.25. The maximum absolute atomic E-state index is 12.5. The molecule has 2 aliphatic carbocycles. The van der Waals surface area contributed by atoms with Crippen LogP contribution in [0.3, 0.4) is 0 Å². The Kier molecular flexibility index (Phi) is 6.24. The molecule has 170 valence electrons. The van der Waals surface area contributed by atoms with Crippen LogP contribution in [0.1, 0.15) is 59.5 Å². The van der Waals surface area contributed by atoms with Gasteiger partial charge in [0.2, 0.25) is 0 Å². The number of carbonyl (C=O) groups is 1. The number of allylic oxidation sites excluding steroid dienone is 2. The highest BCUT2D eigenvalue weighted by Gasteiger charge is 2.27. The van der Waals surface area contributed by atoms with Crippen LogP contribution in [0.25, 0.3) is 11.1 Å². The molecule has 2 aromatic carbocycles. The van der Waals surface area contributed by atoms with Crippen molar-refractivity contribution in [3.8, 4) is 0 Å². The number of aromatic nitrogens is 1. The van der Waals surface area contributed by atoms with Crippen molar-refractivity contribution in [1.29, 1.82) is 0 Å². The highest BCUT2D eigenvalue weighted by atomic mass is 16.5. The number of nitrogens with one attached hydrogen (secondary N) is 1. The number of carbonyl (C=O) groups excluding carboxylic acids is 1. The van der Waals surface area contributed by atoms with Crippen molar-refractivity contribution >= 4 is 17.2 Å². The number of hydrogen-bond donors (Lipinski definition) is 1. The molecule has 1 aromatic heterocycles. The summed E-state index contributed by atoms with van der Waals surface area (Å²) in [5.41, 5.74) is 6.43. The quantitative estimate of drug-likeness (QED) is 0.411. The Morgan fingerprint density at radius 3 is 2.97 bits per heavy atom. The molecule has 5 rings (SSSR count). The summed E-state index contributed by atoms with van der Waals surface area (Å²) in [7, 11) is 0. The molecule has 1 amide bonds. The summed E-state index contributed by atoms with van der Waals surface area (Å²) in [5.74, 6) is 0.465. The van der Waals surface area contributed by atoms with Crippen molar-refractivity contribution in [2.75, 3.05) is 6.54 Å². The molecule has 1 N–H and O–H groups in total. The minimum atomic E-state index is -0.436. The van der Waals surface area contributed by atoms with Crippen LogP contribution in [0.2, 0.25) is 0 Å². The number of hydrogen-bond acceptors (Lipinski definition) is 5. The molecule has 0 radical (unpaired) electrons. The van der Waals surface area contributed by atoms with E-state index in [1.165, 1.54) is 23.1 Å². The minimum absolute atomic E-state index is 0.247. The fraction of sp³-hybridized carbons (Fsp3) is 0.370. The van der Waals surface area contributed by atoms with Gasteiger partial charge in [-0.05, 0) is 73.3 Å². The fourth-order valence-corrected chi connectivity index (χ4v) is 4.93. The van der Waals surface area contributed by atoms with Crippen LogP contribution in [0, 0.1) is 0 Å². The molecule has 0 saturated carbocycles. The Labute approximate surface area is 192 Å². The summed E-state index contributed by atoms with van der Waals surface area (Å²) in [4.78, 5) is 29.2. The highest BCUT2D eigenvalue weighted by Crippen LogP contribution is 2.40. The number of ether oxygens (including phenoxy) is 1. The van der Waals surface area contributed by atoms with Crippen molar-refractivity contribution in [1.82, 2.24) is 10.3 Å². The van der Waals surface area contributed by atoms with Crippen LogP contribution in [-0.2, 0) is 30.6 Å². The first-order valence-electron chi connectivity index (χ1n) is 11.8. The first-order valence-corrected chi connectivity index (χ1v) is 11.8. The zero-order valence-electron chi connectivity index (χ0n) is 18.6. The Balaban J connectivity index is 1.18. The van der Waals surface area contributed by atoms with E-state index in [9.17, 15) is 9.59 Å². The molecular weight excluding hydrogens is 416 g/mol.